The number of rotatable bonds is 3. The lowest BCUT2D eigenvalue weighted by molar-refractivity contribution is 0.181. The summed E-state index contributed by atoms with van der Waals surface area (Å²) in [6.45, 7) is 3.74. The molecule has 0 fully saturated rings. The van der Waals surface area contributed by atoms with Gasteiger partial charge in [0.1, 0.15) is 11.8 Å². The monoisotopic (exact) mass is 256 g/mol. The minimum atomic E-state index is -0.315. The Labute approximate surface area is 109 Å². The third kappa shape index (κ3) is 2.24. The SMILES string of the molecule is Cc1nccc2nc(O[C@@H](C)c3ncco3)cnc12. The second-order valence-corrected chi connectivity index (χ2v) is 4.10. The predicted molar refractivity (Wildman–Crippen MR) is 67.6 cm³/mol. The maximum Gasteiger partial charge on any atom is 0.235 e. The summed E-state index contributed by atoms with van der Waals surface area (Å²) in [5, 5.41) is 0. The topological polar surface area (TPSA) is 73.9 Å². The van der Waals surface area contributed by atoms with Crippen LogP contribution in [0.3, 0.4) is 0 Å². The zero-order chi connectivity index (χ0) is 13.2. The van der Waals surface area contributed by atoms with E-state index >= 15 is 0 Å². The van der Waals surface area contributed by atoms with Crippen LogP contribution >= 0.6 is 0 Å². The van der Waals surface area contributed by atoms with E-state index in [0.717, 1.165) is 16.7 Å². The first kappa shape index (κ1) is 11.6. The number of nitrogens with zero attached hydrogens (tertiary/aromatic N) is 4. The van der Waals surface area contributed by atoms with Crippen LogP contribution < -0.4 is 4.74 Å². The van der Waals surface area contributed by atoms with Crippen molar-refractivity contribution in [3.8, 4) is 5.88 Å². The average Bonchev–Trinajstić information content (AvgIpc) is 2.93. The van der Waals surface area contributed by atoms with E-state index in [1.165, 1.54) is 6.26 Å². The van der Waals surface area contributed by atoms with Crippen molar-refractivity contribution < 1.29 is 9.15 Å². The van der Waals surface area contributed by atoms with Crippen molar-refractivity contribution >= 4 is 11.0 Å². The Hall–Kier alpha value is -2.50. The molecule has 0 aliphatic rings. The molecule has 0 aliphatic heterocycles. The molecule has 3 heterocycles. The number of fused-ring (bicyclic) bond motifs is 1. The summed E-state index contributed by atoms with van der Waals surface area (Å²) in [6, 6.07) is 1.80. The molecule has 1 atom stereocenters. The second-order valence-electron chi connectivity index (χ2n) is 4.10. The molecule has 19 heavy (non-hydrogen) atoms. The first-order valence-electron chi connectivity index (χ1n) is 5.88. The third-order valence-corrected chi connectivity index (χ3v) is 2.72. The molecule has 0 saturated carbocycles. The fourth-order valence-corrected chi connectivity index (χ4v) is 1.79. The molecule has 0 aromatic carbocycles. The van der Waals surface area contributed by atoms with Gasteiger partial charge in [-0.25, -0.2) is 15.0 Å². The Kier molecular flexibility index (Phi) is 2.83. The van der Waals surface area contributed by atoms with Gasteiger partial charge in [0.05, 0.1) is 23.6 Å². The molecule has 3 aromatic heterocycles. The molecule has 0 unspecified atom stereocenters. The van der Waals surface area contributed by atoms with Crippen LogP contribution in [0, 0.1) is 6.92 Å². The summed E-state index contributed by atoms with van der Waals surface area (Å²) in [6.07, 6.45) is 6.06. The van der Waals surface area contributed by atoms with E-state index in [4.69, 9.17) is 9.15 Å². The van der Waals surface area contributed by atoms with E-state index in [1.54, 1.807) is 24.7 Å². The van der Waals surface area contributed by atoms with E-state index in [9.17, 15) is 0 Å². The summed E-state index contributed by atoms with van der Waals surface area (Å²) in [7, 11) is 0. The molecular formula is C13H12N4O2. The van der Waals surface area contributed by atoms with Gasteiger partial charge in [-0.2, -0.15) is 0 Å². The Bertz CT molecular complexity index is 697. The first-order chi connectivity index (χ1) is 9.24. The summed E-state index contributed by atoms with van der Waals surface area (Å²) in [5.74, 6) is 0.941. The maximum absolute atomic E-state index is 5.66. The highest BCUT2D eigenvalue weighted by Crippen LogP contribution is 2.20. The fourth-order valence-electron chi connectivity index (χ4n) is 1.79. The van der Waals surface area contributed by atoms with Crippen LogP contribution in [0.25, 0.3) is 11.0 Å². The van der Waals surface area contributed by atoms with Gasteiger partial charge in [0, 0.05) is 6.20 Å². The molecule has 6 heteroatoms. The van der Waals surface area contributed by atoms with Gasteiger partial charge in [0.25, 0.3) is 0 Å². The first-order valence-corrected chi connectivity index (χ1v) is 5.88. The maximum atomic E-state index is 5.66. The summed E-state index contributed by atoms with van der Waals surface area (Å²) in [4.78, 5) is 16.9. The Balaban J connectivity index is 1.90. The molecule has 0 bridgehead atoms. The minimum absolute atomic E-state index is 0.315. The summed E-state index contributed by atoms with van der Waals surface area (Å²) < 4.78 is 10.8. The number of hydrogen-bond donors (Lipinski definition) is 0. The highest BCUT2D eigenvalue weighted by atomic mass is 16.5. The lowest BCUT2D eigenvalue weighted by Gasteiger charge is -2.10. The summed E-state index contributed by atoms with van der Waals surface area (Å²) >= 11 is 0. The Morgan fingerprint density at radius 1 is 1.21 bits per heavy atom. The van der Waals surface area contributed by atoms with Crippen LogP contribution in [-0.4, -0.2) is 19.9 Å². The van der Waals surface area contributed by atoms with Crippen LogP contribution in [0.4, 0.5) is 0 Å². The number of aromatic nitrogens is 4. The van der Waals surface area contributed by atoms with Gasteiger partial charge in [0.15, 0.2) is 6.10 Å². The molecule has 0 radical (unpaired) electrons. The zero-order valence-corrected chi connectivity index (χ0v) is 10.6. The van der Waals surface area contributed by atoms with E-state index in [-0.39, 0.29) is 6.10 Å². The van der Waals surface area contributed by atoms with Gasteiger partial charge in [-0.1, -0.05) is 0 Å². The van der Waals surface area contributed by atoms with E-state index in [2.05, 4.69) is 19.9 Å². The standard InChI is InChI=1S/C13H12N4O2/c1-8-12-10(3-4-14-8)17-11(7-16-12)19-9(2)13-15-5-6-18-13/h3-7,9H,1-2H3/t9-/m0/s1. The largest absolute Gasteiger partial charge is 0.464 e. The van der Waals surface area contributed by atoms with Gasteiger partial charge >= 0.3 is 0 Å². The highest BCUT2D eigenvalue weighted by molar-refractivity contribution is 5.76. The lowest BCUT2D eigenvalue weighted by atomic mass is 10.3. The number of ether oxygens (including phenoxy) is 1. The lowest BCUT2D eigenvalue weighted by Crippen LogP contribution is -2.05. The molecule has 3 aromatic rings. The smallest absolute Gasteiger partial charge is 0.235 e. The molecule has 0 N–H and O–H groups in total. The van der Waals surface area contributed by atoms with Crippen LogP contribution in [0.5, 0.6) is 5.88 Å². The average molecular weight is 256 g/mol. The molecule has 3 rings (SSSR count). The molecule has 0 aliphatic carbocycles. The Morgan fingerprint density at radius 3 is 2.89 bits per heavy atom. The summed E-state index contributed by atoms with van der Waals surface area (Å²) in [5.41, 5.74) is 2.38. The second kappa shape index (κ2) is 4.64. The van der Waals surface area contributed by atoms with E-state index in [1.807, 2.05) is 13.8 Å². The van der Waals surface area contributed by atoms with Crippen molar-refractivity contribution in [2.75, 3.05) is 0 Å². The molecule has 0 amide bonds. The molecular weight excluding hydrogens is 244 g/mol. The normalized spacial score (nSPS) is 12.5. The third-order valence-electron chi connectivity index (χ3n) is 2.72. The Morgan fingerprint density at radius 2 is 2.11 bits per heavy atom. The van der Waals surface area contributed by atoms with Crippen LogP contribution in [0.1, 0.15) is 24.6 Å². The fraction of sp³-hybridized carbons (Fsp3) is 0.231. The van der Waals surface area contributed by atoms with Crippen LogP contribution in [0.15, 0.2) is 35.3 Å². The number of aryl methyl sites for hydroxylation is 1. The van der Waals surface area contributed by atoms with E-state index in [0.29, 0.717) is 11.8 Å². The van der Waals surface area contributed by atoms with Crippen LogP contribution in [-0.2, 0) is 0 Å². The number of pyridine rings is 1. The quantitative estimate of drug-likeness (QED) is 0.716. The van der Waals surface area contributed by atoms with Gasteiger partial charge in [-0.15, -0.1) is 0 Å². The highest BCUT2D eigenvalue weighted by Gasteiger charge is 2.13. The van der Waals surface area contributed by atoms with Crippen LogP contribution in [0.2, 0.25) is 0 Å². The molecule has 96 valence electrons. The van der Waals surface area contributed by atoms with Gasteiger partial charge < -0.3 is 9.15 Å². The molecule has 0 saturated heterocycles. The van der Waals surface area contributed by atoms with Crippen molar-refractivity contribution in [2.45, 2.75) is 20.0 Å². The van der Waals surface area contributed by atoms with Crippen molar-refractivity contribution in [1.82, 2.24) is 19.9 Å². The van der Waals surface area contributed by atoms with Gasteiger partial charge in [0.2, 0.25) is 11.8 Å². The minimum Gasteiger partial charge on any atom is -0.464 e. The van der Waals surface area contributed by atoms with Crippen molar-refractivity contribution in [3.05, 3.63) is 42.5 Å². The molecule has 0 spiro atoms. The van der Waals surface area contributed by atoms with Crippen molar-refractivity contribution in [2.24, 2.45) is 0 Å². The number of oxazole rings is 1. The van der Waals surface area contributed by atoms with Gasteiger partial charge in [-0.3, -0.25) is 4.98 Å². The van der Waals surface area contributed by atoms with Crippen molar-refractivity contribution in [1.29, 1.82) is 0 Å². The zero-order valence-electron chi connectivity index (χ0n) is 10.6. The van der Waals surface area contributed by atoms with Crippen molar-refractivity contribution in [3.63, 3.8) is 0 Å². The van der Waals surface area contributed by atoms with Gasteiger partial charge in [-0.05, 0) is 19.9 Å². The van der Waals surface area contributed by atoms with E-state index < -0.39 is 0 Å². The number of hydrogen-bond acceptors (Lipinski definition) is 6. The predicted octanol–water partition coefficient (Wildman–Crippen LogP) is 2.46. The molecule has 6 nitrogen and oxygen atoms in total.